The van der Waals surface area contributed by atoms with Crippen LogP contribution < -0.4 is 0 Å². The largest absolute Gasteiger partial charge is 0.321 e. The standard InChI is InChI=1S/C33H68N/c1-6-10-12-13-14-15-16-17-18-19-20-21-22-26-31-34(5,30-8-3)33(9-4,29-11-7-2)32-27-24-23-25-28-32/h32H,6-31H2,1-5H3/q+1. The van der Waals surface area contributed by atoms with Gasteiger partial charge in [0.25, 0.3) is 0 Å². The molecule has 1 aliphatic rings. The Bertz CT molecular complexity index is 440. The first-order chi connectivity index (χ1) is 16.6. The monoisotopic (exact) mass is 479 g/mol. The molecule has 2 atom stereocenters. The lowest BCUT2D eigenvalue weighted by molar-refractivity contribution is -0.965. The van der Waals surface area contributed by atoms with Crippen LogP contribution in [0.3, 0.4) is 0 Å². The van der Waals surface area contributed by atoms with Crippen LogP contribution in [-0.4, -0.2) is 30.2 Å². The van der Waals surface area contributed by atoms with Crippen LogP contribution in [0, 0.1) is 5.92 Å². The summed E-state index contributed by atoms with van der Waals surface area (Å²) >= 11 is 0. The van der Waals surface area contributed by atoms with Crippen molar-refractivity contribution in [2.75, 3.05) is 20.1 Å². The lowest BCUT2D eigenvalue weighted by Crippen LogP contribution is -2.66. The van der Waals surface area contributed by atoms with Gasteiger partial charge in [-0.25, -0.2) is 0 Å². The summed E-state index contributed by atoms with van der Waals surface area (Å²) in [7, 11) is 2.68. The summed E-state index contributed by atoms with van der Waals surface area (Å²) in [6.07, 6.45) is 35.0. The van der Waals surface area contributed by atoms with Crippen LogP contribution >= 0.6 is 0 Å². The van der Waals surface area contributed by atoms with Crippen molar-refractivity contribution >= 4 is 0 Å². The zero-order valence-corrected chi connectivity index (χ0v) is 24.9. The molecule has 0 heterocycles. The first kappa shape index (κ1) is 32.0. The van der Waals surface area contributed by atoms with Gasteiger partial charge in [0, 0.05) is 12.3 Å². The molecule has 0 bridgehead atoms. The lowest BCUT2D eigenvalue weighted by Gasteiger charge is -2.56. The van der Waals surface area contributed by atoms with Gasteiger partial charge in [-0.1, -0.05) is 130 Å². The maximum Gasteiger partial charge on any atom is 0.102 e. The highest BCUT2D eigenvalue weighted by atomic mass is 15.4. The molecule has 0 saturated heterocycles. The summed E-state index contributed by atoms with van der Waals surface area (Å²) in [5, 5.41) is 0. The Kier molecular flexibility index (Phi) is 18.9. The quantitative estimate of drug-likeness (QED) is 0.101. The van der Waals surface area contributed by atoms with Crippen molar-refractivity contribution in [2.24, 2.45) is 5.92 Å². The number of quaternary nitrogens is 1. The highest BCUT2D eigenvalue weighted by molar-refractivity contribution is 4.90. The average molecular weight is 479 g/mol. The third-order valence-corrected chi connectivity index (χ3v) is 9.74. The van der Waals surface area contributed by atoms with Gasteiger partial charge in [0.05, 0.1) is 20.1 Å². The molecule has 1 aliphatic carbocycles. The number of unbranched alkanes of at least 4 members (excludes halogenated alkanes) is 14. The van der Waals surface area contributed by atoms with E-state index < -0.39 is 0 Å². The normalized spacial score (nSPS) is 18.6. The highest BCUT2D eigenvalue weighted by Gasteiger charge is 2.50. The molecule has 1 nitrogen and oxygen atoms in total. The maximum atomic E-state index is 2.68. The van der Waals surface area contributed by atoms with Gasteiger partial charge in [0.15, 0.2) is 0 Å². The number of rotatable bonds is 23. The fourth-order valence-electron chi connectivity index (χ4n) is 7.59. The molecule has 0 aromatic rings. The molecule has 0 radical (unpaired) electrons. The van der Waals surface area contributed by atoms with E-state index in [0.29, 0.717) is 5.54 Å². The van der Waals surface area contributed by atoms with Crippen LogP contribution in [-0.2, 0) is 0 Å². The number of hydrogen-bond acceptors (Lipinski definition) is 0. The van der Waals surface area contributed by atoms with Crippen molar-refractivity contribution in [3.8, 4) is 0 Å². The Morgan fingerprint density at radius 2 is 1.00 bits per heavy atom. The van der Waals surface area contributed by atoms with Crippen LogP contribution in [0.25, 0.3) is 0 Å². The molecule has 34 heavy (non-hydrogen) atoms. The molecule has 0 aromatic heterocycles. The van der Waals surface area contributed by atoms with Gasteiger partial charge in [-0.2, -0.15) is 0 Å². The van der Waals surface area contributed by atoms with Gasteiger partial charge in [-0.3, -0.25) is 0 Å². The second-order valence-corrected chi connectivity index (χ2v) is 12.3. The molecule has 0 aliphatic heterocycles. The summed E-state index contributed by atoms with van der Waals surface area (Å²) in [5.74, 6) is 0.973. The molecule has 1 saturated carbocycles. The Hall–Kier alpha value is -0.0400. The van der Waals surface area contributed by atoms with Gasteiger partial charge in [0.1, 0.15) is 5.54 Å². The summed E-state index contributed by atoms with van der Waals surface area (Å²) in [4.78, 5) is 0. The number of nitrogens with zero attached hydrogens (tertiary/aromatic N) is 1. The van der Waals surface area contributed by atoms with E-state index in [-0.39, 0.29) is 0 Å². The predicted octanol–water partition coefficient (Wildman–Crippen LogP) is 11.2. The van der Waals surface area contributed by atoms with Gasteiger partial charge in [0.2, 0.25) is 0 Å². The molecule has 1 fully saturated rings. The summed E-state index contributed by atoms with van der Waals surface area (Å²) in [6, 6.07) is 0. The average Bonchev–Trinajstić information content (AvgIpc) is 2.86. The third kappa shape index (κ3) is 11.3. The fourth-order valence-corrected chi connectivity index (χ4v) is 7.59. The van der Waals surface area contributed by atoms with E-state index in [1.807, 2.05) is 0 Å². The summed E-state index contributed by atoms with van der Waals surface area (Å²) in [5.41, 5.74) is 0.545. The predicted molar refractivity (Wildman–Crippen MR) is 156 cm³/mol. The first-order valence-electron chi connectivity index (χ1n) is 16.4. The minimum absolute atomic E-state index is 0.545. The number of hydrogen-bond donors (Lipinski definition) is 0. The van der Waals surface area contributed by atoms with Crippen molar-refractivity contribution in [2.45, 2.75) is 187 Å². The molecule has 0 spiro atoms. The topological polar surface area (TPSA) is 0 Å². The summed E-state index contributed by atoms with van der Waals surface area (Å²) in [6.45, 7) is 12.5. The zero-order chi connectivity index (χ0) is 25.0. The van der Waals surface area contributed by atoms with E-state index in [9.17, 15) is 0 Å². The van der Waals surface area contributed by atoms with Crippen molar-refractivity contribution in [1.29, 1.82) is 0 Å². The van der Waals surface area contributed by atoms with E-state index in [1.165, 1.54) is 172 Å². The van der Waals surface area contributed by atoms with Crippen LogP contribution in [0.2, 0.25) is 0 Å². The molecule has 0 N–H and O–H groups in total. The zero-order valence-electron chi connectivity index (χ0n) is 24.9. The SMILES string of the molecule is CCCCCCCCCCCCCCCC[N+](C)(CCC)C(CC)(CCCC)C1CCCCC1. The Labute approximate surface area is 217 Å². The minimum Gasteiger partial charge on any atom is -0.321 e. The highest BCUT2D eigenvalue weighted by Crippen LogP contribution is 2.45. The fraction of sp³-hybridized carbons (Fsp3) is 1.00. The van der Waals surface area contributed by atoms with E-state index in [4.69, 9.17) is 0 Å². The third-order valence-electron chi connectivity index (χ3n) is 9.74. The van der Waals surface area contributed by atoms with Crippen LogP contribution in [0.1, 0.15) is 182 Å². The van der Waals surface area contributed by atoms with E-state index in [2.05, 4.69) is 34.7 Å². The van der Waals surface area contributed by atoms with Gasteiger partial charge in [-0.15, -0.1) is 0 Å². The molecule has 2 unspecified atom stereocenters. The molecule has 0 aromatic carbocycles. The minimum atomic E-state index is 0.545. The maximum absolute atomic E-state index is 2.68. The van der Waals surface area contributed by atoms with Crippen LogP contribution in [0.4, 0.5) is 0 Å². The van der Waals surface area contributed by atoms with E-state index in [1.54, 1.807) is 0 Å². The van der Waals surface area contributed by atoms with E-state index >= 15 is 0 Å². The van der Waals surface area contributed by atoms with Crippen LogP contribution in [0.15, 0.2) is 0 Å². The van der Waals surface area contributed by atoms with Crippen molar-refractivity contribution in [3.05, 3.63) is 0 Å². The lowest BCUT2D eigenvalue weighted by atomic mass is 9.68. The van der Waals surface area contributed by atoms with Crippen LogP contribution in [0.5, 0.6) is 0 Å². The van der Waals surface area contributed by atoms with Gasteiger partial charge in [-0.05, 0) is 44.9 Å². The molecular formula is C33H68N+. The smallest absolute Gasteiger partial charge is 0.102 e. The van der Waals surface area contributed by atoms with Crippen molar-refractivity contribution in [3.63, 3.8) is 0 Å². The Morgan fingerprint density at radius 3 is 1.44 bits per heavy atom. The summed E-state index contributed by atoms with van der Waals surface area (Å²) < 4.78 is 1.38. The van der Waals surface area contributed by atoms with Crippen molar-refractivity contribution < 1.29 is 4.48 Å². The molecule has 1 rings (SSSR count). The molecule has 204 valence electrons. The molecule has 1 heteroatoms. The van der Waals surface area contributed by atoms with Crippen molar-refractivity contribution in [1.82, 2.24) is 0 Å². The van der Waals surface area contributed by atoms with E-state index in [0.717, 1.165) is 5.92 Å². The van der Waals surface area contributed by atoms with Gasteiger partial charge >= 0.3 is 0 Å². The Balaban J connectivity index is 2.38. The second kappa shape index (κ2) is 20.1. The first-order valence-corrected chi connectivity index (χ1v) is 16.4. The molecule has 0 amide bonds. The second-order valence-electron chi connectivity index (χ2n) is 12.3. The molecular weight excluding hydrogens is 410 g/mol. The Morgan fingerprint density at radius 1 is 0.529 bits per heavy atom. The van der Waals surface area contributed by atoms with Gasteiger partial charge < -0.3 is 4.48 Å².